The number of halogens is 1. The second-order valence-electron chi connectivity index (χ2n) is 17.4. The van der Waals surface area contributed by atoms with Crippen LogP contribution in [0, 0.1) is 0 Å². The van der Waals surface area contributed by atoms with Crippen molar-refractivity contribution in [3.8, 4) is 33.3 Å². The van der Waals surface area contributed by atoms with Gasteiger partial charge in [-0.3, -0.25) is 0 Å². The molecule has 6 aromatic heterocycles. The van der Waals surface area contributed by atoms with E-state index >= 15 is 0 Å². The number of fused-ring (bicyclic) bond motifs is 6. The molecule has 12 rings (SSSR count). The molecule has 71 heavy (non-hydrogen) atoms. The van der Waals surface area contributed by atoms with Crippen LogP contribution in [0.25, 0.3) is 98.5 Å². The minimum Gasteiger partial charge on any atom is -0.422 e. The molecular weight excluding hydrogens is 936 g/mol. The number of anilines is 3. The van der Waals surface area contributed by atoms with Crippen LogP contribution in [0.3, 0.4) is 0 Å². The summed E-state index contributed by atoms with van der Waals surface area (Å²) in [5.41, 5.74) is 9.26. The highest BCUT2D eigenvalue weighted by Crippen LogP contribution is 2.33. The molecule has 12 aromatic rings. The van der Waals surface area contributed by atoms with Crippen LogP contribution in [-0.4, -0.2) is 66.8 Å². The van der Waals surface area contributed by atoms with Crippen molar-refractivity contribution in [2.24, 2.45) is 7.05 Å². The minimum absolute atomic E-state index is 0.378. The molecule has 0 unspecified atom stereocenters. The molecule has 0 spiro atoms. The molecule has 354 valence electrons. The first-order chi connectivity index (χ1) is 34.2. The number of aromatic amines is 1. The number of hydrogen-bond donors (Lipinski definition) is 1. The summed E-state index contributed by atoms with van der Waals surface area (Å²) in [7, 11) is 13.6. The largest absolute Gasteiger partial charge is 0.422 e. The zero-order valence-corrected chi connectivity index (χ0v) is 41.2. The molecule has 0 aliphatic rings. The van der Waals surface area contributed by atoms with Gasteiger partial charge in [-0.25, -0.2) is 29.3 Å². The number of hydrogen-bond acceptors (Lipinski definition) is 13. The third kappa shape index (κ3) is 9.23. The Labute approximate surface area is 414 Å². The van der Waals surface area contributed by atoms with Crippen LogP contribution in [0.1, 0.15) is 0 Å². The summed E-state index contributed by atoms with van der Waals surface area (Å²) >= 11 is 7.45. The summed E-state index contributed by atoms with van der Waals surface area (Å²) in [5.74, 6) is 1.14. The molecule has 0 saturated carbocycles. The molecule has 0 bridgehead atoms. The summed E-state index contributed by atoms with van der Waals surface area (Å²) in [6, 6.07) is 43.9. The van der Waals surface area contributed by atoms with Crippen molar-refractivity contribution < 1.29 is 13.3 Å². The van der Waals surface area contributed by atoms with Crippen molar-refractivity contribution in [2.45, 2.75) is 0 Å². The standard InChI is InChI=1S/C19H17N3O2.C18H13ClN2O2S.C18H15N3O2/c1-21(2)13-9-8-12-10-14(19(23)24-17(12)11-13)18-20-15-6-4-5-7-16(15)22(18)3;1-21(2)12-5-3-10-7-13(18(22)23-15(10)9-12)17-20-14-6-4-11(19)8-16(14)24-17;1-21(2)12-8-7-11-9-13(18(22)23-16(11)10-12)17-19-14-5-3-4-6-15(14)20-17/h4-11H,1-3H3;3-9H,1-2H3;3-10H,1-2H3,(H,19,20). The van der Waals surface area contributed by atoms with Gasteiger partial charge in [0.1, 0.15) is 44.5 Å². The zero-order valence-electron chi connectivity index (χ0n) is 39.6. The molecule has 0 fully saturated rings. The number of imidazole rings is 2. The quantitative estimate of drug-likeness (QED) is 0.157. The fraction of sp³-hybridized carbons (Fsp3) is 0.127. The van der Waals surface area contributed by atoms with Gasteiger partial charge < -0.3 is 37.5 Å². The molecule has 0 aliphatic heterocycles. The minimum atomic E-state index is -0.396. The van der Waals surface area contributed by atoms with Gasteiger partial charge >= 0.3 is 16.9 Å². The van der Waals surface area contributed by atoms with Crippen LogP contribution in [-0.2, 0) is 7.05 Å². The maximum atomic E-state index is 12.5. The van der Waals surface area contributed by atoms with Crippen LogP contribution in [0.5, 0.6) is 0 Å². The molecule has 0 atom stereocenters. The number of H-pyrrole nitrogens is 1. The SMILES string of the molecule is CN(C)c1ccc2cc(-c3nc4ccc(Cl)cc4s3)c(=O)oc2c1.CN(C)c1ccc2cc(-c3nc4ccccc4[nH]3)c(=O)oc2c1.CN(C)c1ccc2cc(-c3nc4ccccc4n3C)c(=O)oc2c1. The third-order valence-electron chi connectivity index (χ3n) is 12.0. The Hall–Kier alpha value is -8.53. The Bertz CT molecular complexity index is 4150. The highest BCUT2D eigenvalue weighted by molar-refractivity contribution is 7.21. The Morgan fingerprint density at radius 1 is 0.521 bits per heavy atom. The molecule has 0 saturated heterocycles. The van der Waals surface area contributed by atoms with Gasteiger partial charge in [0.2, 0.25) is 0 Å². The lowest BCUT2D eigenvalue weighted by Gasteiger charge is -2.12. The Morgan fingerprint density at radius 3 is 1.59 bits per heavy atom. The Morgan fingerprint density at radius 2 is 1.03 bits per heavy atom. The van der Waals surface area contributed by atoms with E-state index in [2.05, 4.69) is 19.9 Å². The number of nitrogens with zero attached hydrogens (tertiary/aromatic N) is 7. The Kier molecular flexibility index (Phi) is 12.2. The first-order valence-electron chi connectivity index (χ1n) is 22.4. The molecule has 0 radical (unpaired) electrons. The summed E-state index contributed by atoms with van der Waals surface area (Å²) in [6.07, 6.45) is 0. The van der Waals surface area contributed by atoms with Gasteiger partial charge in [-0.2, -0.15) is 0 Å². The van der Waals surface area contributed by atoms with Gasteiger partial charge in [-0.1, -0.05) is 35.9 Å². The second kappa shape index (κ2) is 18.8. The van der Waals surface area contributed by atoms with E-state index in [4.69, 9.17) is 24.9 Å². The van der Waals surface area contributed by atoms with Crippen molar-refractivity contribution in [1.29, 1.82) is 0 Å². The van der Waals surface area contributed by atoms with Gasteiger partial charge in [0.05, 0.1) is 37.8 Å². The zero-order chi connectivity index (χ0) is 49.7. The molecule has 14 nitrogen and oxygen atoms in total. The van der Waals surface area contributed by atoms with E-state index in [1.807, 2.05) is 202 Å². The van der Waals surface area contributed by atoms with Crippen LogP contribution in [0.4, 0.5) is 17.1 Å². The van der Waals surface area contributed by atoms with Crippen molar-refractivity contribution in [3.63, 3.8) is 0 Å². The van der Waals surface area contributed by atoms with Gasteiger partial charge in [0.15, 0.2) is 0 Å². The lowest BCUT2D eigenvalue weighted by atomic mass is 10.1. The van der Waals surface area contributed by atoms with E-state index in [-0.39, 0.29) is 11.3 Å². The van der Waals surface area contributed by atoms with E-state index < -0.39 is 5.63 Å². The predicted molar refractivity (Wildman–Crippen MR) is 289 cm³/mol. The molecule has 6 heterocycles. The fourth-order valence-electron chi connectivity index (χ4n) is 8.08. The summed E-state index contributed by atoms with van der Waals surface area (Å²) in [4.78, 5) is 59.9. The first kappa shape index (κ1) is 46.2. The number of rotatable bonds is 6. The first-order valence-corrected chi connectivity index (χ1v) is 23.6. The fourth-order valence-corrected chi connectivity index (χ4v) is 9.33. The smallest absolute Gasteiger partial charge is 0.347 e. The van der Waals surface area contributed by atoms with Crippen LogP contribution in [0.2, 0.25) is 5.02 Å². The van der Waals surface area contributed by atoms with E-state index in [9.17, 15) is 14.4 Å². The number of aryl methyl sites for hydroxylation is 1. The third-order valence-corrected chi connectivity index (χ3v) is 13.2. The number of nitrogens with one attached hydrogen (secondary N) is 1. The Balaban J connectivity index is 0.000000123. The lowest BCUT2D eigenvalue weighted by Crippen LogP contribution is -2.09. The molecule has 0 aliphatic carbocycles. The molecule has 0 amide bonds. The molecule has 6 aromatic carbocycles. The maximum Gasteiger partial charge on any atom is 0.347 e. The van der Waals surface area contributed by atoms with Gasteiger partial charge in [0, 0.05) is 106 Å². The topological polar surface area (TPSA) is 160 Å². The predicted octanol–water partition coefficient (Wildman–Crippen LogP) is 11.6. The van der Waals surface area contributed by atoms with Crippen molar-refractivity contribution >= 4 is 105 Å². The highest BCUT2D eigenvalue weighted by atomic mass is 35.5. The normalized spacial score (nSPS) is 11.3. The van der Waals surface area contributed by atoms with Gasteiger partial charge in [0.25, 0.3) is 0 Å². The van der Waals surface area contributed by atoms with Gasteiger partial charge in [-0.15, -0.1) is 11.3 Å². The van der Waals surface area contributed by atoms with Crippen molar-refractivity contribution in [2.75, 3.05) is 57.0 Å². The van der Waals surface area contributed by atoms with E-state index in [0.717, 1.165) is 65.5 Å². The monoisotopic (exact) mass is 980 g/mol. The van der Waals surface area contributed by atoms with E-state index in [1.54, 1.807) is 6.07 Å². The van der Waals surface area contributed by atoms with Crippen LogP contribution >= 0.6 is 22.9 Å². The highest BCUT2D eigenvalue weighted by Gasteiger charge is 2.17. The van der Waals surface area contributed by atoms with Crippen LogP contribution < -0.4 is 31.6 Å². The summed E-state index contributed by atoms with van der Waals surface area (Å²) in [5, 5.41) is 3.90. The summed E-state index contributed by atoms with van der Waals surface area (Å²) < 4.78 is 19.4. The second-order valence-corrected chi connectivity index (χ2v) is 18.9. The number of thiazole rings is 1. The van der Waals surface area contributed by atoms with Crippen molar-refractivity contribution in [3.05, 3.63) is 176 Å². The maximum absolute atomic E-state index is 12.5. The van der Waals surface area contributed by atoms with E-state index in [0.29, 0.717) is 55.1 Å². The lowest BCUT2D eigenvalue weighted by molar-refractivity contribution is 0.562. The number of aromatic nitrogens is 5. The summed E-state index contributed by atoms with van der Waals surface area (Å²) in [6.45, 7) is 0. The van der Waals surface area contributed by atoms with E-state index in [1.165, 1.54) is 11.3 Å². The molecule has 1 N–H and O–H groups in total. The molecular formula is C55H45ClN8O6S. The van der Waals surface area contributed by atoms with Gasteiger partial charge in [-0.05, 0) is 97.1 Å². The average molecular weight is 982 g/mol. The number of para-hydroxylation sites is 4. The number of benzene rings is 6. The average Bonchev–Trinajstić information content (AvgIpc) is 4.08. The molecule has 16 heteroatoms. The van der Waals surface area contributed by atoms with Crippen molar-refractivity contribution in [1.82, 2.24) is 24.5 Å². The van der Waals surface area contributed by atoms with Crippen LogP contribution in [0.15, 0.2) is 167 Å².